The summed E-state index contributed by atoms with van der Waals surface area (Å²) in [5, 5.41) is 1.03. The molecule has 19 heavy (non-hydrogen) atoms. The van der Waals surface area contributed by atoms with Crippen LogP contribution in [0.15, 0.2) is 48.5 Å². The Morgan fingerprint density at radius 1 is 0.842 bits per heavy atom. The maximum atomic E-state index is 6.22. The number of benzene rings is 2. The van der Waals surface area contributed by atoms with Gasteiger partial charge in [-0.3, -0.25) is 0 Å². The molecule has 0 saturated heterocycles. The minimum atomic E-state index is -1.50. The largest absolute Gasteiger partial charge is 0.201 e. The topological polar surface area (TPSA) is 0 Å². The van der Waals surface area contributed by atoms with Gasteiger partial charge in [0.05, 0.1) is 5.92 Å². The molecule has 100 valence electrons. The lowest BCUT2D eigenvalue weighted by Crippen LogP contribution is -2.18. The minimum Gasteiger partial charge on any atom is -0.0843 e. The van der Waals surface area contributed by atoms with Crippen LogP contribution >= 0.6 is 58.0 Å². The zero-order chi connectivity index (χ0) is 14.0. The summed E-state index contributed by atoms with van der Waals surface area (Å²) in [6.45, 7) is 0. The molecule has 1 atom stereocenters. The molecule has 0 aromatic heterocycles. The van der Waals surface area contributed by atoms with Crippen LogP contribution in [0, 0.1) is 0 Å². The van der Waals surface area contributed by atoms with Crippen LogP contribution < -0.4 is 0 Å². The van der Waals surface area contributed by atoms with Gasteiger partial charge in [0.2, 0.25) is 3.79 Å². The van der Waals surface area contributed by atoms with Crippen molar-refractivity contribution in [3.63, 3.8) is 0 Å². The molecule has 0 spiro atoms. The highest BCUT2D eigenvalue weighted by Gasteiger charge is 2.36. The van der Waals surface area contributed by atoms with E-state index in [-0.39, 0.29) is 0 Å². The SMILES string of the molecule is Clc1ccc(C(c2ccccc2)C(Cl)(Cl)Cl)c(Cl)c1. The van der Waals surface area contributed by atoms with Crippen molar-refractivity contribution in [1.29, 1.82) is 0 Å². The van der Waals surface area contributed by atoms with E-state index in [1.807, 2.05) is 30.3 Å². The third-order valence-electron chi connectivity index (χ3n) is 2.73. The molecular formula is C14H9Cl5. The Balaban J connectivity index is 2.56. The van der Waals surface area contributed by atoms with Gasteiger partial charge >= 0.3 is 0 Å². The van der Waals surface area contributed by atoms with Gasteiger partial charge in [-0.2, -0.15) is 0 Å². The van der Waals surface area contributed by atoms with Crippen molar-refractivity contribution < 1.29 is 0 Å². The molecule has 1 unspecified atom stereocenters. The summed E-state index contributed by atoms with van der Waals surface area (Å²) in [6.07, 6.45) is 0. The molecule has 0 radical (unpaired) electrons. The van der Waals surface area contributed by atoms with Crippen LogP contribution in [0.1, 0.15) is 17.0 Å². The molecule has 5 heteroatoms. The normalized spacial score (nSPS) is 13.3. The molecule has 0 N–H and O–H groups in total. The maximum Gasteiger partial charge on any atom is 0.201 e. The van der Waals surface area contributed by atoms with Gasteiger partial charge in [0.25, 0.3) is 0 Å². The fourth-order valence-corrected chi connectivity index (χ4v) is 3.17. The van der Waals surface area contributed by atoms with E-state index in [0.717, 1.165) is 11.1 Å². The lowest BCUT2D eigenvalue weighted by atomic mass is 9.92. The molecule has 0 saturated carbocycles. The van der Waals surface area contributed by atoms with E-state index in [2.05, 4.69) is 0 Å². The van der Waals surface area contributed by atoms with Gasteiger partial charge in [-0.25, -0.2) is 0 Å². The van der Waals surface area contributed by atoms with E-state index in [4.69, 9.17) is 58.0 Å². The quantitative estimate of drug-likeness (QED) is 0.540. The van der Waals surface area contributed by atoms with Crippen molar-refractivity contribution in [3.05, 3.63) is 69.7 Å². The highest BCUT2D eigenvalue weighted by molar-refractivity contribution is 6.68. The fraction of sp³-hybridized carbons (Fsp3) is 0.143. The standard InChI is InChI=1S/C14H9Cl5/c15-10-6-7-11(12(16)8-10)13(14(17,18)19)9-4-2-1-3-5-9/h1-8,13H. The summed E-state index contributed by atoms with van der Waals surface area (Å²) >= 11 is 30.5. The third-order valence-corrected chi connectivity index (χ3v) is 3.95. The Hall–Kier alpha value is -0.110. The number of halogens is 5. The lowest BCUT2D eigenvalue weighted by Gasteiger charge is -2.26. The van der Waals surface area contributed by atoms with E-state index in [0.29, 0.717) is 10.0 Å². The summed E-state index contributed by atoms with van der Waals surface area (Å²) in [6, 6.07) is 14.6. The molecule has 0 fully saturated rings. The number of hydrogen-bond donors (Lipinski definition) is 0. The average molecular weight is 354 g/mol. The minimum absolute atomic E-state index is 0.455. The number of hydrogen-bond acceptors (Lipinski definition) is 0. The first-order valence-electron chi connectivity index (χ1n) is 5.46. The van der Waals surface area contributed by atoms with Crippen molar-refractivity contribution in [2.45, 2.75) is 9.71 Å². The zero-order valence-electron chi connectivity index (χ0n) is 9.59. The molecule has 0 heterocycles. The van der Waals surface area contributed by atoms with Crippen LogP contribution in [0.25, 0.3) is 0 Å². The Bertz CT molecular complexity index is 560. The van der Waals surface area contributed by atoms with Gasteiger partial charge in [0.15, 0.2) is 0 Å². The first-order valence-corrected chi connectivity index (χ1v) is 7.35. The highest BCUT2D eigenvalue weighted by Crippen LogP contribution is 2.47. The third kappa shape index (κ3) is 3.71. The molecule has 2 rings (SSSR count). The van der Waals surface area contributed by atoms with Gasteiger partial charge in [-0.15, -0.1) is 0 Å². The van der Waals surface area contributed by atoms with Crippen LogP contribution in [0.5, 0.6) is 0 Å². The monoisotopic (exact) mass is 352 g/mol. The van der Waals surface area contributed by atoms with E-state index in [1.54, 1.807) is 18.2 Å². The summed E-state index contributed by atoms with van der Waals surface area (Å²) in [7, 11) is 0. The average Bonchev–Trinajstić information content (AvgIpc) is 2.32. The lowest BCUT2D eigenvalue weighted by molar-refractivity contribution is 0.839. The van der Waals surface area contributed by atoms with Crippen molar-refractivity contribution >= 4 is 58.0 Å². The van der Waals surface area contributed by atoms with Gasteiger partial charge in [0.1, 0.15) is 0 Å². The zero-order valence-corrected chi connectivity index (χ0v) is 13.4. The Labute approximate surface area is 137 Å². The Kier molecular flexibility index (Phi) is 4.92. The van der Waals surface area contributed by atoms with Crippen molar-refractivity contribution in [3.8, 4) is 0 Å². The first kappa shape index (κ1) is 15.3. The molecule has 0 amide bonds. The smallest absolute Gasteiger partial charge is 0.0843 e. The summed E-state index contributed by atoms with van der Waals surface area (Å²) in [4.78, 5) is 0. The van der Waals surface area contributed by atoms with Crippen LogP contribution in [-0.4, -0.2) is 3.79 Å². The second-order valence-corrected chi connectivity index (χ2v) is 7.26. The highest BCUT2D eigenvalue weighted by atomic mass is 35.6. The van der Waals surface area contributed by atoms with Crippen LogP contribution in [0.3, 0.4) is 0 Å². The van der Waals surface area contributed by atoms with Gasteiger partial charge in [-0.05, 0) is 23.3 Å². The van der Waals surface area contributed by atoms with Gasteiger partial charge in [0, 0.05) is 10.0 Å². The molecule has 0 aliphatic rings. The predicted molar refractivity (Wildman–Crippen MR) is 85.0 cm³/mol. The molecule has 2 aromatic carbocycles. The van der Waals surface area contributed by atoms with E-state index < -0.39 is 9.71 Å². The van der Waals surface area contributed by atoms with Crippen molar-refractivity contribution in [2.75, 3.05) is 0 Å². The molecule has 0 bridgehead atoms. The Morgan fingerprint density at radius 2 is 1.47 bits per heavy atom. The Morgan fingerprint density at radius 3 is 2.00 bits per heavy atom. The molecule has 0 aliphatic carbocycles. The molecule has 0 nitrogen and oxygen atoms in total. The van der Waals surface area contributed by atoms with Gasteiger partial charge in [-0.1, -0.05) is 94.4 Å². The van der Waals surface area contributed by atoms with Crippen molar-refractivity contribution in [2.24, 2.45) is 0 Å². The van der Waals surface area contributed by atoms with Crippen LogP contribution in [-0.2, 0) is 0 Å². The fourth-order valence-electron chi connectivity index (χ4n) is 1.93. The van der Waals surface area contributed by atoms with Gasteiger partial charge < -0.3 is 0 Å². The van der Waals surface area contributed by atoms with E-state index >= 15 is 0 Å². The second kappa shape index (κ2) is 6.11. The van der Waals surface area contributed by atoms with Crippen molar-refractivity contribution in [1.82, 2.24) is 0 Å². The maximum absolute atomic E-state index is 6.22. The van der Waals surface area contributed by atoms with Crippen LogP contribution in [0.4, 0.5) is 0 Å². The van der Waals surface area contributed by atoms with E-state index in [9.17, 15) is 0 Å². The molecule has 2 aromatic rings. The van der Waals surface area contributed by atoms with E-state index in [1.165, 1.54) is 0 Å². The first-order chi connectivity index (χ1) is 8.89. The number of alkyl halides is 3. The summed E-state index contributed by atoms with van der Waals surface area (Å²) in [5.41, 5.74) is 1.61. The van der Waals surface area contributed by atoms with Crippen LogP contribution in [0.2, 0.25) is 10.0 Å². The molecule has 0 aliphatic heterocycles. The second-order valence-electron chi connectivity index (χ2n) is 4.05. The summed E-state index contributed by atoms with van der Waals surface area (Å²) < 4.78 is -1.50. The number of rotatable bonds is 2. The predicted octanol–water partition coefficient (Wildman–Crippen LogP) is 6.50. The summed E-state index contributed by atoms with van der Waals surface area (Å²) in [5.74, 6) is -0.455. The molecular weight excluding hydrogens is 345 g/mol.